The Kier molecular flexibility index (Phi) is 9.04. The van der Waals surface area contributed by atoms with Crippen molar-refractivity contribution in [3.63, 3.8) is 0 Å². The number of methoxy groups -OCH3 is 3. The molecule has 0 bridgehead atoms. The first-order valence-corrected chi connectivity index (χ1v) is 14.9. The van der Waals surface area contributed by atoms with Gasteiger partial charge < -0.3 is 37.7 Å². The van der Waals surface area contributed by atoms with Gasteiger partial charge in [-0.3, -0.25) is 8.98 Å². The van der Waals surface area contributed by atoms with E-state index in [0.29, 0.717) is 34.3 Å². The van der Waals surface area contributed by atoms with Gasteiger partial charge in [-0.05, 0) is 41.5 Å². The Hall–Kier alpha value is -4.60. The highest BCUT2D eigenvalue weighted by Gasteiger charge is 2.54. The first kappa shape index (κ1) is 31.8. The minimum Gasteiger partial charge on any atom is -0.726 e. The highest BCUT2D eigenvalue weighted by Crippen LogP contribution is 2.56. The van der Waals surface area contributed by atoms with Crippen LogP contribution in [0.1, 0.15) is 39.1 Å². The number of carbonyl (C=O) groups is 2. The largest absolute Gasteiger partial charge is 0.726 e. The van der Waals surface area contributed by atoms with Crippen molar-refractivity contribution in [2.75, 3.05) is 41.8 Å². The van der Waals surface area contributed by atoms with E-state index in [1.54, 1.807) is 37.1 Å². The molecular formula is C30H31NO13S. The van der Waals surface area contributed by atoms with E-state index >= 15 is 0 Å². The number of ether oxygens (including phenoxy) is 7. The van der Waals surface area contributed by atoms with Crippen molar-refractivity contribution >= 4 is 22.3 Å². The number of cyclic esters (lactones) is 1. The molecule has 4 unspecified atom stereocenters. The summed E-state index contributed by atoms with van der Waals surface area (Å²) in [5.74, 6) is 0.0701. The molecule has 0 amide bonds. The van der Waals surface area contributed by atoms with E-state index in [2.05, 4.69) is 4.18 Å². The SMILES string of the molecule is COS(=O)(=O)[O-].COc1cc(C2c3cc4c(cc3C(OC(=O)c3ccc[n+](C)c3)C3COC(=O)C23)OCO4)cc(OC)c1OC. The summed E-state index contributed by atoms with van der Waals surface area (Å²) in [5, 5.41) is 0. The van der Waals surface area contributed by atoms with E-state index in [1.165, 1.54) is 7.11 Å². The number of rotatable bonds is 7. The van der Waals surface area contributed by atoms with Crippen molar-refractivity contribution in [2.24, 2.45) is 18.9 Å². The Bertz CT molecular complexity index is 1700. The van der Waals surface area contributed by atoms with Crippen LogP contribution in [0, 0.1) is 11.8 Å². The molecule has 3 aliphatic rings. The average molecular weight is 646 g/mol. The van der Waals surface area contributed by atoms with Crippen molar-refractivity contribution in [3.8, 4) is 28.7 Å². The smallest absolute Gasteiger partial charge is 0.344 e. The maximum absolute atomic E-state index is 13.3. The molecule has 4 atom stereocenters. The molecule has 3 aromatic rings. The zero-order valence-electron chi connectivity index (χ0n) is 25.0. The van der Waals surface area contributed by atoms with Crippen LogP contribution in [0.2, 0.25) is 0 Å². The molecule has 2 aliphatic heterocycles. The van der Waals surface area contributed by atoms with Gasteiger partial charge in [0.15, 0.2) is 35.4 Å². The second kappa shape index (κ2) is 12.8. The van der Waals surface area contributed by atoms with Gasteiger partial charge in [0.05, 0.1) is 41.0 Å². The molecule has 0 spiro atoms. The van der Waals surface area contributed by atoms with Crippen molar-refractivity contribution in [1.29, 1.82) is 0 Å². The van der Waals surface area contributed by atoms with Crippen LogP contribution in [0.25, 0.3) is 0 Å². The first-order valence-electron chi connectivity index (χ1n) is 13.6. The standard InChI is InChI=1S/C29H28NO9.CH4O4S/c1-30-7-5-6-15(12-30)28(31)39-26-18-11-21-20(37-14-38-21)10-17(18)24(25-19(26)13-36-29(25)32)16-8-22(33-2)27(35-4)23(9-16)34-3;1-5-6(2,3)4/h5-12,19,24-26H,13-14H2,1-4H3;1H3,(H,2,3,4)/q+1;/p-1. The third-order valence-corrected chi connectivity index (χ3v) is 8.19. The summed E-state index contributed by atoms with van der Waals surface area (Å²) in [6, 6.07) is 10.8. The van der Waals surface area contributed by atoms with E-state index in [4.69, 9.17) is 33.2 Å². The van der Waals surface area contributed by atoms with E-state index < -0.39 is 40.2 Å². The zero-order chi connectivity index (χ0) is 32.5. The third kappa shape index (κ3) is 6.32. The second-order valence-electron chi connectivity index (χ2n) is 10.2. The molecule has 3 heterocycles. The second-order valence-corrected chi connectivity index (χ2v) is 11.4. The van der Waals surface area contributed by atoms with Gasteiger partial charge in [-0.15, -0.1) is 0 Å². The van der Waals surface area contributed by atoms with E-state index in [9.17, 15) is 22.6 Å². The van der Waals surface area contributed by atoms with Gasteiger partial charge in [-0.1, -0.05) is 0 Å². The predicted octanol–water partition coefficient (Wildman–Crippen LogP) is 2.19. The van der Waals surface area contributed by atoms with Crippen LogP contribution in [-0.2, 0) is 35.9 Å². The fourth-order valence-electron chi connectivity index (χ4n) is 5.84. The van der Waals surface area contributed by atoms with Gasteiger partial charge in [-0.2, -0.15) is 0 Å². The van der Waals surface area contributed by atoms with Crippen molar-refractivity contribution in [2.45, 2.75) is 12.0 Å². The van der Waals surface area contributed by atoms with E-state index in [-0.39, 0.29) is 19.4 Å². The molecule has 1 aliphatic carbocycles. The Labute approximate surface area is 259 Å². The summed E-state index contributed by atoms with van der Waals surface area (Å²) in [6.07, 6.45) is 2.77. The van der Waals surface area contributed by atoms with Crippen molar-refractivity contribution in [3.05, 3.63) is 71.0 Å². The molecule has 1 saturated heterocycles. The number of aryl methyl sites for hydroxylation is 1. The van der Waals surface area contributed by atoms with Gasteiger partial charge in [0, 0.05) is 23.5 Å². The molecule has 45 heavy (non-hydrogen) atoms. The summed E-state index contributed by atoms with van der Waals surface area (Å²) >= 11 is 0. The van der Waals surface area contributed by atoms with Crippen LogP contribution in [-0.4, -0.2) is 66.7 Å². The van der Waals surface area contributed by atoms with Crippen LogP contribution in [0.15, 0.2) is 48.8 Å². The number of nitrogens with zero attached hydrogens (tertiary/aromatic N) is 1. The molecular weight excluding hydrogens is 614 g/mol. The molecule has 0 radical (unpaired) electrons. The number of fused-ring (bicyclic) bond motifs is 3. The van der Waals surface area contributed by atoms with Crippen LogP contribution >= 0.6 is 0 Å². The van der Waals surface area contributed by atoms with E-state index in [0.717, 1.165) is 23.8 Å². The van der Waals surface area contributed by atoms with Crippen LogP contribution in [0.3, 0.4) is 0 Å². The fraction of sp³-hybridized carbons (Fsp3) is 0.367. The Morgan fingerprint density at radius 2 is 1.58 bits per heavy atom. The molecule has 1 aromatic heterocycles. The van der Waals surface area contributed by atoms with Crippen LogP contribution in [0.4, 0.5) is 0 Å². The number of pyridine rings is 1. The zero-order valence-corrected chi connectivity index (χ0v) is 25.8. The number of hydrogen-bond acceptors (Lipinski definition) is 13. The number of benzene rings is 2. The maximum atomic E-state index is 13.3. The molecule has 6 rings (SSSR count). The number of carbonyl (C=O) groups excluding carboxylic acids is 2. The fourth-order valence-corrected chi connectivity index (χ4v) is 5.84. The Balaban J connectivity index is 0.000000609. The van der Waals surface area contributed by atoms with Gasteiger partial charge in [0.2, 0.25) is 22.9 Å². The highest BCUT2D eigenvalue weighted by molar-refractivity contribution is 7.80. The monoisotopic (exact) mass is 645 g/mol. The number of hydrogen-bond donors (Lipinski definition) is 0. The average Bonchev–Trinajstić information content (AvgIpc) is 3.65. The lowest BCUT2D eigenvalue weighted by atomic mass is 9.66. The van der Waals surface area contributed by atoms with Gasteiger partial charge in [0.1, 0.15) is 18.7 Å². The summed E-state index contributed by atoms with van der Waals surface area (Å²) in [7, 11) is 2.84. The van der Waals surface area contributed by atoms with E-state index in [1.807, 2.05) is 37.5 Å². The molecule has 2 aromatic carbocycles. The maximum Gasteiger partial charge on any atom is 0.344 e. The molecule has 0 N–H and O–H groups in total. The quantitative estimate of drug-likeness (QED) is 0.159. The van der Waals surface area contributed by atoms with Crippen LogP contribution in [0.5, 0.6) is 28.7 Å². The predicted molar refractivity (Wildman–Crippen MR) is 151 cm³/mol. The Morgan fingerprint density at radius 3 is 2.13 bits per heavy atom. The minimum atomic E-state index is -4.41. The molecule has 0 saturated carbocycles. The molecule has 1 fully saturated rings. The topological polar surface area (TPSA) is 169 Å². The van der Waals surface area contributed by atoms with Crippen molar-refractivity contribution < 1.29 is 64.5 Å². The summed E-state index contributed by atoms with van der Waals surface area (Å²) in [4.78, 5) is 26.6. The minimum absolute atomic E-state index is 0.0763. The number of aromatic nitrogens is 1. The summed E-state index contributed by atoms with van der Waals surface area (Å²) < 4.78 is 72.6. The van der Waals surface area contributed by atoms with Gasteiger partial charge >= 0.3 is 11.9 Å². The molecule has 15 heteroatoms. The van der Waals surface area contributed by atoms with Crippen LogP contribution < -0.4 is 28.3 Å². The normalized spacial score (nSPS) is 21.0. The van der Waals surface area contributed by atoms with Crippen molar-refractivity contribution in [1.82, 2.24) is 0 Å². The summed E-state index contributed by atoms with van der Waals surface area (Å²) in [6.45, 7) is 0.186. The molecule has 240 valence electrons. The van der Waals surface area contributed by atoms with Gasteiger partial charge in [-0.25, -0.2) is 17.8 Å². The lowest BCUT2D eigenvalue weighted by Crippen LogP contribution is -2.37. The lowest BCUT2D eigenvalue weighted by Gasteiger charge is -2.38. The molecule has 14 nitrogen and oxygen atoms in total. The van der Waals surface area contributed by atoms with Gasteiger partial charge in [0.25, 0.3) is 0 Å². The Morgan fingerprint density at radius 1 is 0.956 bits per heavy atom. The third-order valence-electron chi connectivity index (χ3n) is 7.78. The lowest BCUT2D eigenvalue weighted by molar-refractivity contribution is -0.671. The number of esters is 2. The first-order chi connectivity index (χ1) is 21.5. The highest BCUT2D eigenvalue weighted by atomic mass is 32.3. The summed E-state index contributed by atoms with van der Waals surface area (Å²) in [5.41, 5.74) is 2.66.